The summed E-state index contributed by atoms with van der Waals surface area (Å²) in [5.74, 6) is -0.0643. The molecule has 0 aliphatic carbocycles. The summed E-state index contributed by atoms with van der Waals surface area (Å²) in [6.45, 7) is 3.29. The summed E-state index contributed by atoms with van der Waals surface area (Å²) in [6.07, 6.45) is 0. The quantitative estimate of drug-likeness (QED) is 0.638. The van der Waals surface area contributed by atoms with Gasteiger partial charge in [-0.05, 0) is 31.5 Å². The SMILES string of the molecule is CC(=O)c1cc(Cl)cc(C)c1Cl. The van der Waals surface area contributed by atoms with Gasteiger partial charge in [-0.1, -0.05) is 23.2 Å². The first kappa shape index (κ1) is 9.56. The Morgan fingerprint density at radius 1 is 1.33 bits per heavy atom. The lowest BCUT2D eigenvalue weighted by molar-refractivity contribution is 0.101. The van der Waals surface area contributed by atoms with Crippen molar-refractivity contribution >= 4 is 29.0 Å². The first-order valence-corrected chi connectivity index (χ1v) is 4.24. The van der Waals surface area contributed by atoms with E-state index in [-0.39, 0.29) is 5.78 Å². The number of carbonyl (C=O) groups excluding carboxylic acids is 1. The highest BCUT2D eigenvalue weighted by molar-refractivity contribution is 6.36. The van der Waals surface area contributed by atoms with E-state index in [1.54, 1.807) is 12.1 Å². The first-order valence-electron chi connectivity index (χ1n) is 3.49. The number of Topliss-reactive ketones (excluding diaryl/α,β-unsaturated/α-hetero) is 1. The van der Waals surface area contributed by atoms with Crippen LogP contribution in [0.3, 0.4) is 0 Å². The highest BCUT2D eigenvalue weighted by atomic mass is 35.5. The third-order valence-electron chi connectivity index (χ3n) is 1.60. The summed E-state index contributed by atoms with van der Waals surface area (Å²) >= 11 is 11.6. The third-order valence-corrected chi connectivity index (χ3v) is 2.32. The van der Waals surface area contributed by atoms with Crippen molar-refractivity contribution in [3.8, 4) is 0 Å². The molecule has 0 amide bonds. The molecule has 1 nitrogen and oxygen atoms in total. The normalized spacial score (nSPS) is 10.0. The van der Waals surface area contributed by atoms with E-state index in [0.29, 0.717) is 15.6 Å². The minimum absolute atomic E-state index is 0.0643. The summed E-state index contributed by atoms with van der Waals surface area (Å²) < 4.78 is 0. The minimum atomic E-state index is -0.0643. The van der Waals surface area contributed by atoms with Gasteiger partial charge in [-0.15, -0.1) is 0 Å². The Morgan fingerprint density at radius 3 is 2.42 bits per heavy atom. The summed E-state index contributed by atoms with van der Waals surface area (Å²) in [7, 11) is 0. The predicted molar refractivity (Wildman–Crippen MR) is 51.2 cm³/mol. The van der Waals surface area contributed by atoms with Crippen LogP contribution >= 0.6 is 23.2 Å². The zero-order chi connectivity index (χ0) is 9.30. The zero-order valence-corrected chi connectivity index (χ0v) is 8.33. The molecule has 0 aromatic heterocycles. The molecule has 12 heavy (non-hydrogen) atoms. The van der Waals surface area contributed by atoms with Crippen molar-refractivity contribution in [2.75, 3.05) is 0 Å². The monoisotopic (exact) mass is 202 g/mol. The number of hydrogen-bond acceptors (Lipinski definition) is 1. The average molecular weight is 203 g/mol. The zero-order valence-electron chi connectivity index (χ0n) is 6.82. The van der Waals surface area contributed by atoms with Gasteiger partial charge in [0.1, 0.15) is 0 Å². The van der Waals surface area contributed by atoms with Crippen molar-refractivity contribution < 1.29 is 4.79 Å². The summed E-state index contributed by atoms with van der Waals surface area (Å²) in [6, 6.07) is 3.32. The first-order chi connectivity index (χ1) is 5.52. The van der Waals surface area contributed by atoms with Crippen LogP contribution in [0.2, 0.25) is 10.0 Å². The smallest absolute Gasteiger partial charge is 0.161 e. The number of hydrogen-bond donors (Lipinski definition) is 0. The Kier molecular flexibility index (Phi) is 2.76. The van der Waals surface area contributed by atoms with Crippen LogP contribution in [0.5, 0.6) is 0 Å². The molecular weight excluding hydrogens is 195 g/mol. The van der Waals surface area contributed by atoms with Crippen LogP contribution in [0.4, 0.5) is 0 Å². The molecule has 0 aliphatic rings. The van der Waals surface area contributed by atoms with E-state index in [9.17, 15) is 4.79 Å². The molecule has 0 unspecified atom stereocenters. The van der Waals surface area contributed by atoms with Gasteiger partial charge in [0.15, 0.2) is 5.78 Å². The fourth-order valence-electron chi connectivity index (χ4n) is 0.982. The van der Waals surface area contributed by atoms with Crippen LogP contribution in [0.1, 0.15) is 22.8 Å². The van der Waals surface area contributed by atoms with Gasteiger partial charge in [-0.3, -0.25) is 4.79 Å². The summed E-state index contributed by atoms with van der Waals surface area (Å²) in [5, 5.41) is 1.04. The Bertz CT molecular complexity index is 332. The minimum Gasteiger partial charge on any atom is -0.294 e. The van der Waals surface area contributed by atoms with Gasteiger partial charge >= 0.3 is 0 Å². The largest absolute Gasteiger partial charge is 0.294 e. The van der Waals surface area contributed by atoms with Crippen molar-refractivity contribution in [1.82, 2.24) is 0 Å². The van der Waals surface area contributed by atoms with Crippen LogP contribution < -0.4 is 0 Å². The van der Waals surface area contributed by atoms with Crippen molar-refractivity contribution in [2.24, 2.45) is 0 Å². The fourth-order valence-corrected chi connectivity index (χ4v) is 1.50. The van der Waals surface area contributed by atoms with Gasteiger partial charge in [0.05, 0.1) is 5.02 Å². The number of ketones is 1. The van der Waals surface area contributed by atoms with Gasteiger partial charge in [-0.2, -0.15) is 0 Å². The van der Waals surface area contributed by atoms with Crippen LogP contribution in [0, 0.1) is 6.92 Å². The van der Waals surface area contributed by atoms with Crippen molar-refractivity contribution in [3.05, 3.63) is 33.3 Å². The second-order valence-corrected chi connectivity index (χ2v) is 3.45. The second kappa shape index (κ2) is 3.46. The molecule has 0 radical (unpaired) electrons. The number of carbonyl (C=O) groups is 1. The van der Waals surface area contributed by atoms with Crippen LogP contribution in [-0.2, 0) is 0 Å². The Hall–Kier alpha value is -0.530. The molecule has 0 saturated carbocycles. The lowest BCUT2D eigenvalue weighted by Gasteiger charge is -2.03. The van der Waals surface area contributed by atoms with E-state index in [1.807, 2.05) is 6.92 Å². The maximum atomic E-state index is 11.0. The van der Waals surface area contributed by atoms with Gasteiger partial charge < -0.3 is 0 Å². The lowest BCUT2D eigenvalue weighted by atomic mass is 10.1. The topological polar surface area (TPSA) is 17.1 Å². The van der Waals surface area contributed by atoms with E-state index in [2.05, 4.69) is 0 Å². The highest BCUT2D eigenvalue weighted by Gasteiger charge is 2.08. The maximum Gasteiger partial charge on any atom is 0.161 e. The number of aryl methyl sites for hydroxylation is 1. The molecule has 0 bridgehead atoms. The molecule has 0 spiro atoms. The number of rotatable bonds is 1. The van der Waals surface area contributed by atoms with Gasteiger partial charge in [0.25, 0.3) is 0 Å². The van der Waals surface area contributed by atoms with Gasteiger partial charge in [0.2, 0.25) is 0 Å². The summed E-state index contributed by atoms with van der Waals surface area (Å²) in [5.41, 5.74) is 1.32. The Morgan fingerprint density at radius 2 is 1.92 bits per heavy atom. The van der Waals surface area contributed by atoms with Crippen LogP contribution in [-0.4, -0.2) is 5.78 Å². The maximum absolute atomic E-state index is 11.0. The second-order valence-electron chi connectivity index (χ2n) is 2.64. The van der Waals surface area contributed by atoms with Crippen LogP contribution in [0.15, 0.2) is 12.1 Å². The molecule has 0 atom stereocenters. The standard InChI is InChI=1S/C9H8Cl2O/c1-5-3-7(10)4-8(6(2)12)9(5)11/h3-4H,1-2H3. The molecule has 1 aromatic carbocycles. The Balaban J connectivity index is 3.37. The van der Waals surface area contributed by atoms with Gasteiger partial charge in [0, 0.05) is 10.6 Å². The molecule has 1 rings (SSSR count). The molecule has 64 valence electrons. The van der Waals surface area contributed by atoms with Gasteiger partial charge in [-0.25, -0.2) is 0 Å². The lowest BCUT2D eigenvalue weighted by Crippen LogP contribution is -1.94. The molecule has 0 aliphatic heterocycles. The van der Waals surface area contributed by atoms with E-state index in [1.165, 1.54) is 6.92 Å². The van der Waals surface area contributed by atoms with Crippen molar-refractivity contribution in [1.29, 1.82) is 0 Å². The van der Waals surface area contributed by atoms with E-state index >= 15 is 0 Å². The molecule has 3 heteroatoms. The number of halogens is 2. The predicted octanol–water partition coefficient (Wildman–Crippen LogP) is 3.50. The van der Waals surface area contributed by atoms with E-state index in [0.717, 1.165) is 5.56 Å². The van der Waals surface area contributed by atoms with E-state index < -0.39 is 0 Å². The van der Waals surface area contributed by atoms with Crippen molar-refractivity contribution in [3.63, 3.8) is 0 Å². The average Bonchev–Trinajstić information content (AvgIpc) is 1.96. The fraction of sp³-hybridized carbons (Fsp3) is 0.222. The van der Waals surface area contributed by atoms with E-state index in [4.69, 9.17) is 23.2 Å². The van der Waals surface area contributed by atoms with Crippen LogP contribution in [0.25, 0.3) is 0 Å². The molecule has 1 aromatic rings. The van der Waals surface area contributed by atoms with Crippen molar-refractivity contribution in [2.45, 2.75) is 13.8 Å². The highest BCUT2D eigenvalue weighted by Crippen LogP contribution is 2.25. The molecule has 0 N–H and O–H groups in total. The third kappa shape index (κ3) is 1.79. The number of benzene rings is 1. The molecular formula is C9H8Cl2O. The summed E-state index contributed by atoms with van der Waals surface area (Å²) in [4.78, 5) is 11.0. The Labute approximate surface area is 81.3 Å². The molecule has 0 saturated heterocycles. The molecule has 0 fully saturated rings. The molecule has 0 heterocycles.